The van der Waals surface area contributed by atoms with Crippen molar-refractivity contribution < 1.29 is 54.9 Å². The van der Waals surface area contributed by atoms with E-state index in [4.69, 9.17) is 9.47 Å². The molecule has 3 fully saturated rings. The van der Waals surface area contributed by atoms with Crippen LogP contribution in [0.15, 0.2) is 0 Å². The van der Waals surface area contributed by atoms with Crippen molar-refractivity contribution in [3.8, 4) is 0 Å². The molecule has 3 aliphatic rings. The minimum atomic E-state index is -4.69. The van der Waals surface area contributed by atoms with Crippen molar-refractivity contribution in [1.82, 2.24) is 10.2 Å². The summed E-state index contributed by atoms with van der Waals surface area (Å²) in [6.45, 7) is -0.0670. The average Bonchev–Trinajstić information content (AvgIpc) is 2.52. The molecule has 0 radical (unpaired) electrons. The van der Waals surface area contributed by atoms with E-state index in [0.717, 1.165) is 0 Å². The Labute approximate surface area is 173 Å². The lowest BCUT2D eigenvalue weighted by Crippen LogP contribution is -2.62. The Kier molecular flexibility index (Phi) is 7.33. The topological polar surface area (TPSA) is 86.3 Å². The Hall–Kier alpha value is -1.64. The summed E-state index contributed by atoms with van der Waals surface area (Å²) in [5, 5.41) is 2.64. The number of nitrogens with one attached hydrogen (secondary N) is 1. The molecule has 0 aromatic carbocycles. The third kappa shape index (κ3) is 7.77. The van der Waals surface area contributed by atoms with Gasteiger partial charge in [0, 0.05) is 38.8 Å². The summed E-state index contributed by atoms with van der Waals surface area (Å²) in [6.07, 6.45) is -12.0. The van der Waals surface area contributed by atoms with Crippen LogP contribution in [0.25, 0.3) is 0 Å². The van der Waals surface area contributed by atoms with E-state index in [1.165, 1.54) is 4.90 Å². The molecule has 178 valence electrons. The van der Waals surface area contributed by atoms with Crippen LogP contribution in [0.4, 0.5) is 26.3 Å². The molecular weight excluding hydrogens is 442 g/mol. The summed E-state index contributed by atoms with van der Waals surface area (Å²) in [6, 6.07) is -0.281. The first-order valence-electron chi connectivity index (χ1n) is 9.65. The van der Waals surface area contributed by atoms with E-state index in [2.05, 4.69) is 14.8 Å². The van der Waals surface area contributed by atoms with Crippen molar-refractivity contribution in [2.24, 2.45) is 0 Å². The summed E-state index contributed by atoms with van der Waals surface area (Å²) in [4.78, 5) is 25.2. The van der Waals surface area contributed by atoms with Gasteiger partial charge in [-0.05, 0) is 0 Å². The van der Waals surface area contributed by atoms with Crippen LogP contribution in [-0.2, 0) is 28.5 Å². The quantitative estimate of drug-likeness (QED) is 0.521. The van der Waals surface area contributed by atoms with Gasteiger partial charge in [0.25, 0.3) is 0 Å². The van der Waals surface area contributed by atoms with E-state index < -0.39 is 43.0 Å². The fourth-order valence-electron chi connectivity index (χ4n) is 3.39. The van der Waals surface area contributed by atoms with Crippen molar-refractivity contribution in [2.45, 2.75) is 68.9 Å². The molecule has 0 unspecified atom stereocenters. The van der Waals surface area contributed by atoms with E-state index in [0.29, 0.717) is 0 Å². The van der Waals surface area contributed by atoms with Crippen molar-refractivity contribution >= 4 is 11.8 Å². The van der Waals surface area contributed by atoms with Crippen LogP contribution in [0, 0.1) is 0 Å². The van der Waals surface area contributed by atoms with Gasteiger partial charge in [-0.3, -0.25) is 19.1 Å². The number of hydrogen-bond acceptors (Lipinski definition) is 6. The standard InChI is InChI=1S/C17H22F6N2O6/c18-16(19,20)30-12-1-10(2-12)28-7-14(26)24-9-5-25(6-9)15(27)8-29-11-3-13(4-11)31-17(21,22)23/h9-13H,1-8H2,(H,24,26)/t10-,11?,12+,13?. The van der Waals surface area contributed by atoms with Crippen LogP contribution in [0.1, 0.15) is 25.7 Å². The van der Waals surface area contributed by atoms with Gasteiger partial charge in [0.1, 0.15) is 13.2 Å². The second-order valence-electron chi connectivity index (χ2n) is 7.74. The Bertz CT molecular complexity index is 642. The predicted octanol–water partition coefficient (Wildman–Crippen LogP) is 1.48. The van der Waals surface area contributed by atoms with E-state index in [1.54, 1.807) is 0 Å². The molecule has 14 heteroatoms. The highest BCUT2D eigenvalue weighted by Gasteiger charge is 2.42. The minimum Gasteiger partial charge on any atom is -0.368 e. The lowest BCUT2D eigenvalue weighted by atomic mass is 9.92. The first-order chi connectivity index (χ1) is 14.4. The number of carbonyl (C=O) groups excluding carboxylic acids is 2. The molecule has 0 aromatic rings. The maximum atomic E-state index is 12.0. The maximum Gasteiger partial charge on any atom is 0.522 e. The molecule has 1 heterocycles. The first-order valence-corrected chi connectivity index (χ1v) is 9.65. The van der Waals surface area contributed by atoms with Crippen LogP contribution in [0.3, 0.4) is 0 Å². The van der Waals surface area contributed by atoms with Crippen LogP contribution in [0.5, 0.6) is 0 Å². The van der Waals surface area contributed by atoms with E-state index in [-0.39, 0.29) is 63.9 Å². The number of amides is 2. The number of hydrogen-bond donors (Lipinski definition) is 1. The molecule has 1 saturated heterocycles. The Balaban J connectivity index is 1.19. The molecule has 0 bridgehead atoms. The Morgan fingerprint density at radius 2 is 1.23 bits per heavy atom. The number of halogens is 6. The summed E-state index contributed by atoms with van der Waals surface area (Å²) >= 11 is 0. The minimum absolute atomic E-state index is 0.0581. The molecule has 0 aromatic heterocycles. The molecule has 1 aliphatic heterocycles. The number of likely N-dealkylation sites (tertiary alicyclic amines) is 1. The van der Waals surface area contributed by atoms with Crippen LogP contribution < -0.4 is 5.32 Å². The molecule has 0 spiro atoms. The maximum absolute atomic E-state index is 12.0. The number of ether oxygens (including phenoxy) is 4. The second kappa shape index (κ2) is 9.46. The molecule has 0 atom stereocenters. The monoisotopic (exact) mass is 464 g/mol. The van der Waals surface area contributed by atoms with Gasteiger partial charge in [-0.25, -0.2) is 0 Å². The van der Waals surface area contributed by atoms with Crippen molar-refractivity contribution in [1.29, 1.82) is 0 Å². The summed E-state index contributed by atoms with van der Waals surface area (Å²) in [7, 11) is 0. The SMILES string of the molecule is O=C(CO[C@H]1C[C@@H](OC(F)(F)F)C1)NC1CN(C(=O)COC2CC(OC(F)(F)F)C2)C1. The van der Waals surface area contributed by atoms with Crippen molar-refractivity contribution in [3.63, 3.8) is 0 Å². The highest BCUT2D eigenvalue weighted by atomic mass is 19.4. The lowest BCUT2D eigenvalue weighted by molar-refractivity contribution is -0.358. The predicted molar refractivity (Wildman–Crippen MR) is 88.3 cm³/mol. The largest absolute Gasteiger partial charge is 0.522 e. The zero-order valence-corrected chi connectivity index (χ0v) is 16.2. The van der Waals surface area contributed by atoms with Gasteiger partial charge in [0.05, 0.1) is 30.5 Å². The molecular formula is C17H22F6N2O6. The van der Waals surface area contributed by atoms with Crippen molar-refractivity contribution in [3.05, 3.63) is 0 Å². The van der Waals surface area contributed by atoms with Gasteiger partial charge in [-0.2, -0.15) is 0 Å². The molecule has 1 N–H and O–H groups in total. The second-order valence-corrected chi connectivity index (χ2v) is 7.74. The smallest absolute Gasteiger partial charge is 0.368 e. The fraction of sp³-hybridized carbons (Fsp3) is 0.882. The normalized spacial score (nSPS) is 29.0. The highest BCUT2D eigenvalue weighted by Crippen LogP contribution is 2.33. The summed E-state index contributed by atoms with van der Waals surface area (Å²) in [5.41, 5.74) is 0. The third-order valence-electron chi connectivity index (χ3n) is 5.20. The van der Waals surface area contributed by atoms with Crippen LogP contribution in [0.2, 0.25) is 0 Å². The average molecular weight is 464 g/mol. The van der Waals surface area contributed by atoms with Gasteiger partial charge in [-0.15, -0.1) is 26.3 Å². The van der Waals surface area contributed by atoms with Crippen LogP contribution >= 0.6 is 0 Å². The van der Waals surface area contributed by atoms with E-state index in [9.17, 15) is 35.9 Å². The van der Waals surface area contributed by atoms with Crippen LogP contribution in [-0.4, -0.2) is 86.2 Å². The molecule has 2 saturated carbocycles. The van der Waals surface area contributed by atoms with Crippen molar-refractivity contribution in [2.75, 3.05) is 26.3 Å². The number of alkyl halides is 6. The highest BCUT2D eigenvalue weighted by molar-refractivity contribution is 5.80. The first kappa shape index (κ1) is 24.0. The number of carbonyl (C=O) groups is 2. The zero-order valence-electron chi connectivity index (χ0n) is 16.2. The summed E-state index contributed by atoms with van der Waals surface area (Å²) < 4.78 is 90.3. The fourth-order valence-corrected chi connectivity index (χ4v) is 3.39. The third-order valence-corrected chi connectivity index (χ3v) is 5.20. The molecule has 31 heavy (non-hydrogen) atoms. The summed E-state index contributed by atoms with van der Waals surface area (Å²) in [5.74, 6) is -0.786. The van der Waals surface area contributed by atoms with E-state index in [1.807, 2.05) is 0 Å². The lowest BCUT2D eigenvalue weighted by Gasteiger charge is -2.40. The number of rotatable bonds is 9. The Morgan fingerprint density at radius 1 is 0.774 bits per heavy atom. The van der Waals surface area contributed by atoms with Gasteiger partial charge in [0.2, 0.25) is 11.8 Å². The molecule has 2 amide bonds. The number of nitrogens with zero attached hydrogens (tertiary/aromatic N) is 1. The van der Waals surface area contributed by atoms with Gasteiger partial charge in [-0.1, -0.05) is 0 Å². The van der Waals surface area contributed by atoms with E-state index >= 15 is 0 Å². The molecule has 2 aliphatic carbocycles. The Morgan fingerprint density at radius 3 is 1.68 bits per heavy atom. The zero-order chi connectivity index (χ0) is 22.8. The van der Waals surface area contributed by atoms with Gasteiger partial charge in [0.15, 0.2) is 0 Å². The molecule has 8 nitrogen and oxygen atoms in total. The van der Waals surface area contributed by atoms with Gasteiger partial charge < -0.3 is 19.7 Å². The van der Waals surface area contributed by atoms with Gasteiger partial charge >= 0.3 is 12.7 Å². The molecule has 3 rings (SSSR count).